The highest BCUT2D eigenvalue weighted by atomic mass is 16.8. The summed E-state index contributed by atoms with van der Waals surface area (Å²) in [6, 6.07) is 0. The summed E-state index contributed by atoms with van der Waals surface area (Å²) < 4.78 is 72.0. The van der Waals surface area contributed by atoms with Gasteiger partial charge in [0, 0.05) is 14.2 Å². The summed E-state index contributed by atoms with van der Waals surface area (Å²) in [6.45, 7) is -5.11. The van der Waals surface area contributed by atoms with Gasteiger partial charge < -0.3 is 153 Å². The fourth-order valence-corrected chi connectivity index (χ4v) is 8.87. The van der Waals surface area contributed by atoms with Crippen LogP contribution in [0.3, 0.4) is 0 Å². The normalized spacial score (nSPS) is 34.3. The molecular weight excluding hydrogens is 1380 g/mol. The molecule has 0 aromatic rings. The Morgan fingerprint density at radius 3 is 0.590 bits per heavy atom. The van der Waals surface area contributed by atoms with Crippen molar-refractivity contribution >= 4 is 0 Å². The van der Waals surface area contributed by atoms with E-state index in [1.165, 1.54) is 7.11 Å². The van der Waals surface area contributed by atoms with Gasteiger partial charge in [-0.1, -0.05) is 267 Å². The van der Waals surface area contributed by atoms with Crippen LogP contribution in [-0.2, 0) is 61.6 Å². The smallest absolute Gasteiger partial charge is 0.187 e. The third-order valence-electron chi connectivity index (χ3n) is 12.9. The molecule has 6 aliphatic rings. The summed E-state index contributed by atoms with van der Waals surface area (Å²) in [5.41, 5.74) is 0. The van der Waals surface area contributed by atoms with E-state index >= 15 is 0 Å². The third-order valence-corrected chi connectivity index (χ3v) is 12.9. The van der Waals surface area contributed by atoms with E-state index in [-0.39, 0.29) is 267 Å². The van der Waals surface area contributed by atoms with Crippen LogP contribution < -0.4 is 0 Å². The van der Waals surface area contributed by atoms with Gasteiger partial charge in [-0.25, -0.2) is 0 Å². The minimum absolute atomic E-state index is 0. The fourth-order valence-electron chi connectivity index (χ4n) is 8.87. The Bertz CT molecular complexity index is 1560. The molecule has 6 fully saturated rings. The lowest BCUT2D eigenvalue weighted by Crippen LogP contribution is -2.68. The van der Waals surface area contributed by atoms with Crippen LogP contribution >= 0.6 is 0 Å². The number of aliphatic hydroxyl groups excluding tert-OH is 18. The zero-order valence-corrected chi connectivity index (χ0v) is 36.9. The van der Waals surface area contributed by atoms with Crippen molar-refractivity contribution in [3.05, 3.63) is 0 Å². The van der Waals surface area contributed by atoms with Gasteiger partial charge in [0.1, 0.15) is 146 Å². The second kappa shape index (κ2) is 91.6. The van der Waals surface area contributed by atoms with Crippen LogP contribution in [0.4, 0.5) is 0 Å². The van der Waals surface area contributed by atoms with Gasteiger partial charge in [0.25, 0.3) is 0 Å². The van der Waals surface area contributed by atoms with E-state index in [1.807, 2.05) is 0 Å². The third kappa shape index (κ3) is 44.1. The SMILES string of the molecule is C.C.C.C.C.C.C.C.C.C.C.C.C.C.C.C.C.C.C.C.C.C.C.C.C.C.C.C.C.C.C.C.C.C.C.C.COC1OC(COC2OC(CO)C(O)C(O)C2O)C(OC2OC(CO)C(OC3OC(CO)C(OC4OC(CO)C(OC5OC(CO)C(OC)C(O)C5O)C(O)C4O)C(O)C3O)C(O)C2O)C(O)C1O. The van der Waals surface area contributed by atoms with Gasteiger partial charge in [-0.2, -0.15) is 0 Å². The van der Waals surface area contributed by atoms with E-state index in [0.717, 1.165) is 7.11 Å². The topological polar surface area (TPSA) is 484 Å². The predicted octanol–water partition coefficient (Wildman–Crippen LogP) is 10.1. The number of hydrogen-bond donors (Lipinski definition) is 18. The molecule has 0 amide bonds. The average molecular weight is 1600 g/mol. The van der Waals surface area contributed by atoms with Crippen molar-refractivity contribution in [2.75, 3.05) is 53.9 Å². The minimum Gasteiger partial charge on any atom is -0.394 e. The van der Waals surface area contributed by atoms with Gasteiger partial charge >= 0.3 is 0 Å². The van der Waals surface area contributed by atoms with Gasteiger partial charge in [-0.05, 0) is 0 Å². The number of rotatable bonds is 18. The molecule has 6 saturated heterocycles. The monoisotopic (exact) mass is 1600 g/mol. The first-order chi connectivity index (χ1) is 32.8. The Morgan fingerprint density at radius 2 is 0.371 bits per heavy atom. The summed E-state index contributed by atoms with van der Waals surface area (Å²) >= 11 is 0. The lowest BCUT2D eigenvalue weighted by Gasteiger charge is -2.49. The first kappa shape index (κ1) is 207. The van der Waals surface area contributed by atoms with E-state index in [0.29, 0.717) is 0 Å². The maximum Gasteiger partial charge on any atom is 0.187 e. The second-order valence-electron chi connectivity index (χ2n) is 17.2. The molecule has 6 heterocycles. The molecule has 0 aromatic heterocycles. The molecule has 0 aliphatic carbocycles. The lowest BCUT2D eigenvalue weighted by atomic mass is 9.95. The maximum atomic E-state index is 11.3. The van der Waals surface area contributed by atoms with Crippen LogP contribution in [0.2, 0.25) is 0 Å². The fraction of sp³-hybridized carbons (Fsp3) is 1.00. The maximum absolute atomic E-state index is 11.3. The van der Waals surface area contributed by atoms with Crippen LogP contribution in [0, 0.1) is 0 Å². The molecule has 0 aromatic carbocycles. The molecule has 18 N–H and O–H groups in total. The van der Waals surface area contributed by atoms with Crippen molar-refractivity contribution < 1.29 is 153 Å². The van der Waals surface area contributed by atoms with Crippen molar-refractivity contribution in [2.45, 2.75) is 452 Å². The van der Waals surface area contributed by atoms with E-state index < -0.39 is 224 Å². The molecule has 0 spiro atoms. The van der Waals surface area contributed by atoms with E-state index in [2.05, 4.69) is 0 Å². The highest BCUT2D eigenvalue weighted by Gasteiger charge is 2.57. The molecule has 692 valence electrons. The zero-order valence-electron chi connectivity index (χ0n) is 36.9. The van der Waals surface area contributed by atoms with Gasteiger partial charge in [0.05, 0.1) is 39.6 Å². The molecule has 6 aliphatic heterocycles. The lowest BCUT2D eigenvalue weighted by molar-refractivity contribution is -0.394. The predicted molar refractivity (Wildman–Crippen MR) is 451 cm³/mol. The standard InChI is InChI=1S/C38H66O31.36CH4/c1-57-28-10(4-40)61-35(24(53)17(28)46)66-29-11(5-41)62-36(25(54)19(29)48)67-30-12(6-42)63-37(26(55)20(30)49)68-31-13(7-43)64-38(27(56)21(31)50)69-32-14(65-33(58-2)23(52)18(32)47)8-59-34-22(51)16(45)15(44)9(3-39)60-34;;;;;;;;;;;;;;;;;;;;;;;;;;;;;;;;;;;;/h9-56H,3-8H2,1-2H3;36*1H4. The second-order valence-corrected chi connectivity index (χ2v) is 17.2. The van der Waals surface area contributed by atoms with Crippen molar-refractivity contribution in [3.63, 3.8) is 0 Å². The Balaban J connectivity index is -0.0000000525. The van der Waals surface area contributed by atoms with Gasteiger partial charge in [0.2, 0.25) is 0 Å². The molecule has 31 nitrogen and oxygen atoms in total. The molecule has 30 atom stereocenters. The van der Waals surface area contributed by atoms with E-state index in [9.17, 15) is 91.9 Å². The first-order valence-corrected chi connectivity index (χ1v) is 21.9. The van der Waals surface area contributed by atoms with E-state index in [4.69, 9.17) is 61.6 Å². The van der Waals surface area contributed by atoms with Gasteiger partial charge in [-0.3, -0.25) is 0 Å². The Labute approximate surface area is 656 Å². The van der Waals surface area contributed by atoms with Crippen LogP contribution in [0.15, 0.2) is 0 Å². The summed E-state index contributed by atoms with van der Waals surface area (Å²) in [7, 11) is 2.32. The molecule has 30 unspecified atom stereocenters. The molecule has 0 bridgehead atoms. The number of hydrogen-bond acceptors (Lipinski definition) is 31. The number of methoxy groups -OCH3 is 2. The van der Waals surface area contributed by atoms with Crippen molar-refractivity contribution in [3.8, 4) is 0 Å². The Morgan fingerprint density at radius 1 is 0.190 bits per heavy atom. The van der Waals surface area contributed by atoms with Crippen LogP contribution in [0.5, 0.6) is 0 Å². The largest absolute Gasteiger partial charge is 0.394 e. The molecule has 31 heteroatoms. The average Bonchev–Trinajstić information content (AvgIpc) is 3.34. The van der Waals surface area contributed by atoms with Crippen molar-refractivity contribution in [1.29, 1.82) is 0 Å². The number of ether oxygens (including phenoxy) is 13. The summed E-state index contributed by atoms with van der Waals surface area (Å²) in [5.74, 6) is 0. The van der Waals surface area contributed by atoms with Crippen LogP contribution in [0.25, 0.3) is 0 Å². The van der Waals surface area contributed by atoms with Crippen LogP contribution in [-0.4, -0.2) is 330 Å². The van der Waals surface area contributed by atoms with Crippen LogP contribution in [0.1, 0.15) is 267 Å². The Kier molecular flexibility index (Phi) is 181. The molecule has 6 rings (SSSR count). The summed E-state index contributed by atoms with van der Waals surface area (Å²) in [5, 5.41) is 191. The van der Waals surface area contributed by atoms with Gasteiger partial charge in [0.15, 0.2) is 37.7 Å². The molecule has 105 heavy (non-hydrogen) atoms. The summed E-state index contributed by atoms with van der Waals surface area (Å²) in [4.78, 5) is 0. The highest BCUT2D eigenvalue weighted by molar-refractivity contribution is 4.99. The minimum atomic E-state index is -2.16. The quantitative estimate of drug-likeness (QED) is 0.0606. The summed E-state index contributed by atoms with van der Waals surface area (Å²) in [6.07, 6.45) is -53.4. The number of aliphatic hydroxyl groups is 18. The van der Waals surface area contributed by atoms with Gasteiger partial charge in [-0.15, -0.1) is 0 Å². The zero-order chi connectivity index (χ0) is 50.8. The van der Waals surface area contributed by atoms with E-state index in [1.54, 1.807) is 0 Å². The van der Waals surface area contributed by atoms with Crippen molar-refractivity contribution in [1.82, 2.24) is 0 Å². The first-order valence-electron chi connectivity index (χ1n) is 21.9. The molecule has 0 radical (unpaired) electrons. The Hall–Kier alpha value is -1.24. The molecule has 0 saturated carbocycles. The highest BCUT2D eigenvalue weighted by Crippen LogP contribution is 2.36. The van der Waals surface area contributed by atoms with Crippen molar-refractivity contribution in [2.24, 2.45) is 0 Å². The molecular formula is C74H210O31.